The van der Waals surface area contributed by atoms with Crippen LogP contribution in [-0.2, 0) is 25.9 Å². The second-order valence-corrected chi connectivity index (χ2v) is 5.41. The topological polar surface area (TPSA) is 71.9 Å². The normalized spacial score (nSPS) is 13.3. The molecule has 6 heteroatoms. The molecule has 1 aliphatic heterocycles. The first-order valence-electron chi connectivity index (χ1n) is 7.64. The van der Waals surface area contributed by atoms with E-state index in [9.17, 15) is 4.79 Å². The van der Waals surface area contributed by atoms with Gasteiger partial charge in [0.1, 0.15) is 12.2 Å². The van der Waals surface area contributed by atoms with Gasteiger partial charge in [0.2, 0.25) is 0 Å². The van der Waals surface area contributed by atoms with Crippen molar-refractivity contribution >= 4 is 5.91 Å². The highest BCUT2D eigenvalue weighted by Gasteiger charge is 2.27. The van der Waals surface area contributed by atoms with Gasteiger partial charge in [-0.05, 0) is 6.42 Å². The van der Waals surface area contributed by atoms with Gasteiger partial charge in [-0.25, -0.2) is 19.9 Å². The lowest BCUT2D eigenvalue weighted by atomic mass is 10.1. The van der Waals surface area contributed by atoms with Gasteiger partial charge >= 0.3 is 0 Å². The monoisotopic (exact) mass is 297 g/mol. The summed E-state index contributed by atoms with van der Waals surface area (Å²) in [5.41, 5.74) is 3.40. The molecule has 6 nitrogen and oxygen atoms in total. The van der Waals surface area contributed by atoms with Crippen LogP contribution in [0.5, 0.6) is 0 Å². The first-order valence-corrected chi connectivity index (χ1v) is 7.64. The van der Waals surface area contributed by atoms with Gasteiger partial charge in [-0.15, -0.1) is 0 Å². The summed E-state index contributed by atoms with van der Waals surface area (Å²) in [6.07, 6.45) is 7.48. The molecule has 2 aromatic rings. The molecular formula is C16H19N5O. The molecule has 0 fully saturated rings. The van der Waals surface area contributed by atoms with Crippen LogP contribution in [0, 0.1) is 0 Å². The van der Waals surface area contributed by atoms with Crippen molar-refractivity contribution in [3.05, 3.63) is 47.1 Å². The minimum atomic E-state index is -0.0277. The Morgan fingerprint density at radius 1 is 1.23 bits per heavy atom. The van der Waals surface area contributed by atoms with Crippen molar-refractivity contribution in [2.75, 3.05) is 0 Å². The average Bonchev–Trinajstić information content (AvgIpc) is 2.98. The van der Waals surface area contributed by atoms with Gasteiger partial charge in [-0.1, -0.05) is 20.3 Å². The van der Waals surface area contributed by atoms with E-state index >= 15 is 0 Å². The molecule has 22 heavy (non-hydrogen) atoms. The number of hydrogen-bond acceptors (Lipinski definition) is 5. The minimum Gasteiger partial charge on any atom is -0.328 e. The van der Waals surface area contributed by atoms with E-state index in [0.717, 1.165) is 42.0 Å². The summed E-state index contributed by atoms with van der Waals surface area (Å²) in [5, 5.41) is 0. The highest BCUT2D eigenvalue weighted by molar-refractivity contribution is 5.95. The standard InChI is InChI=1S/C16H19N5O/c1-3-5-13-12(7-17-10-19-13)16(22)21-8-11-6-18-15(4-2)20-14(11)9-21/h6-7,10H,3-5,8-9H2,1-2H3. The van der Waals surface area contributed by atoms with Crippen LogP contribution >= 0.6 is 0 Å². The predicted octanol–water partition coefficient (Wildman–Crippen LogP) is 1.94. The average molecular weight is 297 g/mol. The number of fused-ring (bicyclic) bond motifs is 1. The van der Waals surface area contributed by atoms with E-state index in [-0.39, 0.29) is 5.91 Å². The van der Waals surface area contributed by atoms with Gasteiger partial charge in [-0.2, -0.15) is 0 Å². The Morgan fingerprint density at radius 3 is 2.86 bits per heavy atom. The van der Waals surface area contributed by atoms with Gasteiger partial charge < -0.3 is 4.90 Å². The van der Waals surface area contributed by atoms with Gasteiger partial charge in [-0.3, -0.25) is 4.79 Å². The molecule has 1 aliphatic rings. The van der Waals surface area contributed by atoms with Crippen molar-refractivity contribution in [3.63, 3.8) is 0 Å². The number of rotatable bonds is 4. The molecule has 0 atom stereocenters. The highest BCUT2D eigenvalue weighted by Crippen LogP contribution is 2.23. The van der Waals surface area contributed by atoms with E-state index in [1.807, 2.05) is 13.1 Å². The summed E-state index contributed by atoms with van der Waals surface area (Å²) in [7, 11) is 0. The summed E-state index contributed by atoms with van der Waals surface area (Å²) < 4.78 is 0. The van der Waals surface area contributed by atoms with Crippen molar-refractivity contribution in [1.82, 2.24) is 24.8 Å². The molecular weight excluding hydrogens is 278 g/mol. The third kappa shape index (κ3) is 2.68. The molecule has 0 spiro atoms. The lowest BCUT2D eigenvalue weighted by molar-refractivity contribution is 0.0748. The van der Waals surface area contributed by atoms with Crippen LogP contribution in [0.3, 0.4) is 0 Å². The largest absolute Gasteiger partial charge is 0.328 e. The molecule has 0 bridgehead atoms. The summed E-state index contributed by atoms with van der Waals surface area (Å²) >= 11 is 0. The fourth-order valence-electron chi connectivity index (χ4n) is 2.65. The Morgan fingerprint density at radius 2 is 2.09 bits per heavy atom. The molecule has 0 saturated heterocycles. The maximum Gasteiger partial charge on any atom is 0.257 e. The van der Waals surface area contributed by atoms with Crippen LogP contribution in [-0.4, -0.2) is 30.7 Å². The number of carbonyl (C=O) groups excluding carboxylic acids is 1. The van der Waals surface area contributed by atoms with Gasteiger partial charge in [0, 0.05) is 30.9 Å². The Balaban J connectivity index is 1.83. The molecule has 0 saturated carbocycles. The maximum atomic E-state index is 12.8. The summed E-state index contributed by atoms with van der Waals surface area (Å²) in [6.45, 7) is 5.19. The molecule has 3 heterocycles. The molecule has 0 aliphatic carbocycles. The third-order valence-corrected chi connectivity index (χ3v) is 3.82. The van der Waals surface area contributed by atoms with Crippen LogP contribution < -0.4 is 0 Å². The van der Waals surface area contributed by atoms with Crippen molar-refractivity contribution in [3.8, 4) is 0 Å². The molecule has 0 radical (unpaired) electrons. The zero-order valence-electron chi connectivity index (χ0n) is 12.9. The van der Waals surface area contributed by atoms with Gasteiger partial charge in [0.05, 0.1) is 23.5 Å². The van der Waals surface area contributed by atoms with E-state index in [1.54, 1.807) is 11.1 Å². The van der Waals surface area contributed by atoms with Crippen LogP contribution in [0.15, 0.2) is 18.7 Å². The molecule has 0 unspecified atom stereocenters. The van der Waals surface area contributed by atoms with Gasteiger partial charge in [0.25, 0.3) is 5.91 Å². The highest BCUT2D eigenvalue weighted by atomic mass is 16.2. The van der Waals surface area contributed by atoms with Crippen LogP contribution in [0.1, 0.15) is 53.4 Å². The fraction of sp³-hybridized carbons (Fsp3) is 0.438. The minimum absolute atomic E-state index is 0.0277. The van der Waals surface area contributed by atoms with Crippen molar-refractivity contribution in [2.45, 2.75) is 46.2 Å². The van der Waals surface area contributed by atoms with E-state index in [1.165, 1.54) is 6.33 Å². The molecule has 0 aromatic carbocycles. The van der Waals surface area contributed by atoms with E-state index < -0.39 is 0 Å². The number of nitrogens with zero attached hydrogens (tertiary/aromatic N) is 5. The smallest absolute Gasteiger partial charge is 0.257 e. The van der Waals surface area contributed by atoms with Crippen LogP contribution in [0.4, 0.5) is 0 Å². The van der Waals surface area contributed by atoms with E-state index in [2.05, 4.69) is 26.9 Å². The Labute approximate surface area is 129 Å². The van der Waals surface area contributed by atoms with E-state index in [4.69, 9.17) is 0 Å². The zero-order chi connectivity index (χ0) is 15.5. The number of aryl methyl sites for hydroxylation is 2. The molecule has 114 valence electrons. The zero-order valence-corrected chi connectivity index (χ0v) is 12.9. The lowest BCUT2D eigenvalue weighted by Gasteiger charge is -2.16. The third-order valence-electron chi connectivity index (χ3n) is 3.82. The molecule has 1 amide bonds. The molecule has 3 rings (SSSR count). The first kappa shape index (κ1) is 14.6. The fourth-order valence-corrected chi connectivity index (χ4v) is 2.65. The lowest BCUT2D eigenvalue weighted by Crippen LogP contribution is -2.27. The first-order chi connectivity index (χ1) is 10.7. The summed E-state index contributed by atoms with van der Waals surface area (Å²) in [4.78, 5) is 31.6. The second-order valence-electron chi connectivity index (χ2n) is 5.41. The summed E-state index contributed by atoms with van der Waals surface area (Å²) in [5.74, 6) is 0.794. The van der Waals surface area contributed by atoms with Crippen LogP contribution in [0.25, 0.3) is 0 Å². The van der Waals surface area contributed by atoms with E-state index in [0.29, 0.717) is 18.7 Å². The summed E-state index contributed by atoms with van der Waals surface area (Å²) in [6, 6.07) is 0. The Hall–Kier alpha value is -2.37. The quantitative estimate of drug-likeness (QED) is 0.862. The Bertz CT molecular complexity index is 701. The number of amides is 1. The van der Waals surface area contributed by atoms with Crippen molar-refractivity contribution < 1.29 is 4.79 Å². The second kappa shape index (κ2) is 6.17. The van der Waals surface area contributed by atoms with Crippen molar-refractivity contribution in [1.29, 1.82) is 0 Å². The maximum absolute atomic E-state index is 12.8. The molecule has 0 N–H and O–H groups in total. The predicted molar refractivity (Wildman–Crippen MR) is 81.0 cm³/mol. The van der Waals surface area contributed by atoms with Gasteiger partial charge in [0.15, 0.2) is 0 Å². The Kier molecular flexibility index (Phi) is 4.09. The van der Waals surface area contributed by atoms with Crippen LogP contribution in [0.2, 0.25) is 0 Å². The van der Waals surface area contributed by atoms with Crippen molar-refractivity contribution in [2.24, 2.45) is 0 Å². The SMILES string of the molecule is CCCc1ncncc1C(=O)N1Cc2cnc(CC)nc2C1. The number of hydrogen-bond donors (Lipinski definition) is 0. The molecule has 2 aromatic heterocycles. The number of carbonyl (C=O) groups is 1. The number of aromatic nitrogens is 4.